The van der Waals surface area contributed by atoms with Crippen LogP contribution in [0.25, 0.3) is 10.2 Å². The van der Waals surface area contributed by atoms with Gasteiger partial charge < -0.3 is 15.8 Å². The van der Waals surface area contributed by atoms with Crippen LogP contribution in [0.3, 0.4) is 0 Å². The maximum absolute atomic E-state index is 12.2. The lowest BCUT2D eigenvalue weighted by atomic mass is 10.1. The normalized spacial score (nSPS) is 12.6. The third kappa shape index (κ3) is 2.76. The fraction of sp³-hybridized carbons (Fsp3) is 0.429. The highest BCUT2D eigenvalue weighted by Crippen LogP contribution is 2.34. The number of nitrogens with two attached hydrogens (primary N) is 1. The van der Waals surface area contributed by atoms with E-state index in [-0.39, 0.29) is 12.0 Å². The van der Waals surface area contributed by atoms with Gasteiger partial charge in [-0.1, -0.05) is 0 Å². The van der Waals surface area contributed by atoms with Crippen molar-refractivity contribution in [3.05, 3.63) is 22.2 Å². The topological polar surface area (TPSA) is 77.2 Å². The molecule has 0 bridgehead atoms. The highest BCUT2D eigenvalue weighted by Gasteiger charge is 2.19. The number of carbonyl (C=O) groups excluding carboxylic acids is 1. The molecule has 0 aliphatic heterocycles. The van der Waals surface area contributed by atoms with E-state index in [1.165, 1.54) is 11.3 Å². The summed E-state index contributed by atoms with van der Waals surface area (Å²) < 4.78 is 5.11. The number of carbonyl (C=O) groups is 1. The van der Waals surface area contributed by atoms with Gasteiger partial charge in [0.05, 0.1) is 11.8 Å². The second-order valence-corrected chi connectivity index (χ2v) is 5.86. The van der Waals surface area contributed by atoms with Crippen LogP contribution in [0.15, 0.2) is 6.07 Å². The average Bonchev–Trinajstić information content (AvgIpc) is 2.72. The Balaban J connectivity index is 2.33. The number of aryl methyl sites for hydroxylation is 2. The molecule has 0 saturated carbocycles. The summed E-state index contributed by atoms with van der Waals surface area (Å²) in [6.45, 7) is 6.26. The first-order chi connectivity index (χ1) is 9.43. The first kappa shape index (κ1) is 14.7. The molecule has 2 heterocycles. The third-order valence-electron chi connectivity index (χ3n) is 3.18. The molecule has 0 aliphatic rings. The summed E-state index contributed by atoms with van der Waals surface area (Å²) in [5.41, 5.74) is 8.59. The summed E-state index contributed by atoms with van der Waals surface area (Å²) in [6, 6.07) is 1.97. The number of pyridine rings is 1. The van der Waals surface area contributed by atoms with Crippen LogP contribution < -0.4 is 11.1 Å². The Morgan fingerprint density at radius 1 is 1.55 bits per heavy atom. The zero-order chi connectivity index (χ0) is 14.9. The van der Waals surface area contributed by atoms with Crippen LogP contribution in [0.5, 0.6) is 0 Å². The summed E-state index contributed by atoms with van der Waals surface area (Å²) in [6.07, 6.45) is -0.0309. The second-order valence-electron chi connectivity index (χ2n) is 4.86. The van der Waals surface area contributed by atoms with Gasteiger partial charge in [0.2, 0.25) is 0 Å². The molecule has 0 saturated heterocycles. The molecule has 6 heteroatoms. The maximum Gasteiger partial charge on any atom is 0.263 e. The summed E-state index contributed by atoms with van der Waals surface area (Å²) in [5, 5.41) is 3.70. The van der Waals surface area contributed by atoms with Gasteiger partial charge in [-0.05, 0) is 32.4 Å². The Hall–Kier alpha value is -1.66. The van der Waals surface area contributed by atoms with Gasteiger partial charge in [-0.3, -0.25) is 4.79 Å². The molecule has 0 radical (unpaired) electrons. The minimum atomic E-state index is -0.175. The largest absolute Gasteiger partial charge is 0.397 e. The van der Waals surface area contributed by atoms with Crippen LogP contribution in [0, 0.1) is 13.8 Å². The molecule has 0 spiro atoms. The molecule has 0 fully saturated rings. The Morgan fingerprint density at radius 3 is 2.90 bits per heavy atom. The Bertz CT molecular complexity index is 651. The first-order valence-electron chi connectivity index (χ1n) is 6.41. The lowest BCUT2D eigenvalue weighted by molar-refractivity contribution is 0.0874. The molecule has 2 aromatic rings. The van der Waals surface area contributed by atoms with Crippen molar-refractivity contribution in [1.82, 2.24) is 10.3 Å². The van der Waals surface area contributed by atoms with Gasteiger partial charge in [0.25, 0.3) is 5.91 Å². The molecule has 1 unspecified atom stereocenters. The van der Waals surface area contributed by atoms with Crippen molar-refractivity contribution in [2.24, 2.45) is 0 Å². The lowest BCUT2D eigenvalue weighted by Gasteiger charge is -2.10. The number of methoxy groups -OCH3 is 1. The predicted molar refractivity (Wildman–Crippen MR) is 82.3 cm³/mol. The molecule has 1 amide bonds. The molecular weight excluding hydrogens is 274 g/mol. The van der Waals surface area contributed by atoms with E-state index in [0.717, 1.165) is 21.5 Å². The highest BCUT2D eigenvalue weighted by molar-refractivity contribution is 7.21. The van der Waals surface area contributed by atoms with Crippen LogP contribution in [-0.4, -0.2) is 30.6 Å². The van der Waals surface area contributed by atoms with Gasteiger partial charge in [0.1, 0.15) is 9.71 Å². The van der Waals surface area contributed by atoms with E-state index in [4.69, 9.17) is 10.5 Å². The number of aromatic nitrogens is 1. The SMILES string of the molecule is COC(C)CNC(=O)c1sc2nc(C)cc(C)c2c1N. The van der Waals surface area contributed by atoms with Crippen LogP contribution in [-0.2, 0) is 4.74 Å². The standard InChI is InChI=1S/C14H19N3O2S/c1-7-5-8(2)17-14-10(7)11(15)12(20-14)13(18)16-6-9(3)19-4/h5,9H,6,15H2,1-4H3,(H,16,18). The van der Waals surface area contributed by atoms with E-state index >= 15 is 0 Å². The van der Waals surface area contributed by atoms with E-state index < -0.39 is 0 Å². The number of amides is 1. The Morgan fingerprint density at radius 2 is 2.25 bits per heavy atom. The van der Waals surface area contributed by atoms with Crippen molar-refractivity contribution in [2.45, 2.75) is 26.9 Å². The van der Waals surface area contributed by atoms with E-state index in [1.807, 2.05) is 26.8 Å². The zero-order valence-corrected chi connectivity index (χ0v) is 12.9. The fourth-order valence-electron chi connectivity index (χ4n) is 2.04. The molecule has 2 aromatic heterocycles. The lowest BCUT2D eigenvalue weighted by Crippen LogP contribution is -2.31. The smallest absolute Gasteiger partial charge is 0.263 e. The highest BCUT2D eigenvalue weighted by atomic mass is 32.1. The van der Waals surface area contributed by atoms with Gasteiger partial charge in [-0.25, -0.2) is 4.98 Å². The van der Waals surface area contributed by atoms with Gasteiger partial charge in [0, 0.05) is 24.7 Å². The minimum Gasteiger partial charge on any atom is -0.397 e. The third-order valence-corrected chi connectivity index (χ3v) is 4.28. The van der Waals surface area contributed by atoms with E-state index in [2.05, 4.69) is 10.3 Å². The fourth-order valence-corrected chi connectivity index (χ4v) is 3.17. The first-order valence-corrected chi connectivity index (χ1v) is 7.23. The molecule has 108 valence electrons. The predicted octanol–water partition coefficient (Wildman–Crippen LogP) is 2.26. The Labute approximate surface area is 122 Å². The van der Waals surface area contributed by atoms with Crippen LogP contribution >= 0.6 is 11.3 Å². The number of fused-ring (bicyclic) bond motifs is 1. The van der Waals surface area contributed by atoms with Gasteiger partial charge in [-0.15, -0.1) is 11.3 Å². The average molecular weight is 293 g/mol. The number of ether oxygens (including phenoxy) is 1. The quantitative estimate of drug-likeness (QED) is 0.906. The molecular formula is C14H19N3O2S. The van der Waals surface area contributed by atoms with Crippen LogP contribution in [0.4, 0.5) is 5.69 Å². The van der Waals surface area contributed by atoms with Gasteiger partial charge in [0.15, 0.2) is 0 Å². The number of thiophene rings is 1. The molecule has 1 atom stereocenters. The summed E-state index contributed by atoms with van der Waals surface area (Å²) in [5.74, 6) is -0.175. The maximum atomic E-state index is 12.2. The molecule has 2 rings (SSSR count). The molecule has 5 nitrogen and oxygen atoms in total. The Kier molecular flexibility index (Phi) is 4.25. The second kappa shape index (κ2) is 5.76. The number of hydrogen-bond donors (Lipinski definition) is 2. The molecule has 0 aromatic carbocycles. The van der Waals surface area contributed by atoms with Crippen molar-refractivity contribution < 1.29 is 9.53 Å². The molecule has 0 aliphatic carbocycles. The number of rotatable bonds is 4. The van der Waals surface area contributed by atoms with Crippen molar-refractivity contribution in [3.8, 4) is 0 Å². The van der Waals surface area contributed by atoms with Gasteiger partial charge >= 0.3 is 0 Å². The number of anilines is 1. The molecule has 3 N–H and O–H groups in total. The number of nitrogens with zero attached hydrogens (tertiary/aromatic N) is 1. The van der Waals surface area contributed by atoms with E-state index in [1.54, 1.807) is 7.11 Å². The summed E-state index contributed by atoms with van der Waals surface area (Å²) >= 11 is 1.33. The molecule has 20 heavy (non-hydrogen) atoms. The van der Waals surface area contributed by atoms with E-state index in [9.17, 15) is 4.79 Å². The summed E-state index contributed by atoms with van der Waals surface area (Å²) in [7, 11) is 1.61. The van der Waals surface area contributed by atoms with Gasteiger partial charge in [-0.2, -0.15) is 0 Å². The zero-order valence-electron chi connectivity index (χ0n) is 12.1. The number of hydrogen-bond acceptors (Lipinski definition) is 5. The summed E-state index contributed by atoms with van der Waals surface area (Å²) in [4.78, 5) is 18.0. The van der Waals surface area contributed by atoms with Crippen LogP contribution in [0.1, 0.15) is 27.9 Å². The monoisotopic (exact) mass is 293 g/mol. The number of nitrogen functional groups attached to an aromatic ring is 1. The minimum absolute atomic E-state index is 0.0309. The van der Waals surface area contributed by atoms with Crippen molar-refractivity contribution in [3.63, 3.8) is 0 Å². The van der Waals surface area contributed by atoms with E-state index in [0.29, 0.717) is 17.1 Å². The number of nitrogens with one attached hydrogen (secondary N) is 1. The van der Waals surface area contributed by atoms with Crippen molar-refractivity contribution in [2.75, 3.05) is 19.4 Å². The van der Waals surface area contributed by atoms with Crippen molar-refractivity contribution >= 4 is 33.1 Å². The van der Waals surface area contributed by atoms with Crippen LogP contribution in [0.2, 0.25) is 0 Å². The van der Waals surface area contributed by atoms with Crippen molar-refractivity contribution in [1.29, 1.82) is 0 Å².